The smallest absolute Gasteiger partial charge is 0.253 e. The second-order valence-electron chi connectivity index (χ2n) is 4.71. The summed E-state index contributed by atoms with van der Waals surface area (Å²) >= 11 is 0. The molecule has 0 radical (unpaired) electrons. The van der Waals surface area contributed by atoms with Gasteiger partial charge in [0, 0.05) is 12.1 Å². The minimum absolute atomic E-state index is 0.204. The van der Waals surface area contributed by atoms with Crippen molar-refractivity contribution in [2.45, 2.75) is 39.7 Å². The van der Waals surface area contributed by atoms with Crippen molar-refractivity contribution in [1.82, 2.24) is 0 Å². The molecule has 0 unspecified atom stereocenters. The molecule has 15 heavy (non-hydrogen) atoms. The predicted octanol–water partition coefficient (Wildman–Crippen LogP) is 1.31. The minimum atomic E-state index is -0.413. The average molecular weight is 210 g/mol. The Morgan fingerprint density at radius 1 is 1.07 bits per heavy atom. The van der Waals surface area contributed by atoms with Crippen molar-refractivity contribution in [2.24, 2.45) is 0 Å². The van der Waals surface area contributed by atoms with E-state index in [1.54, 1.807) is 0 Å². The van der Waals surface area contributed by atoms with Crippen LogP contribution in [0.5, 0.6) is 0 Å². The first-order valence-electron chi connectivity index (χ1n) is 5.22. The Morgan fingerprint density at radius 2 is 1.60 bits per heavy atom. The number of hydrogen-bond acceptors (Lipinski definition) is 4. The molecule has 0 atom stereocenters. The third-order valence-corrected chi connectivity index (χ3v) is 1.96. The first-order valence-corrected chi connectivity index (χ1v) is 5.22. The lowest BCUT2D eigenvalue weighted by atomic mass is 10.1. The van der Waals surface area contributed by atoms with Crippen molar-refractivity contribution >= 4 is 11.4 Å². The quantitative estimate of drug-likeness (QED) is 0.736. The molecule has 0 heterocycles. The molecule has 4 nitrogen and oxygen atoms in total. The van der Waals surface area contributed by atoms with E-state index in [2.05, 4.69) is 10.6 Å². The maximum atomic E-state index is 11.3. The number of anilines is 2. The van der Waals surface area contributed by atoms with Crippen LogP contribution in [0.1, 0.15) is 34.1 Å². The zero-order valence-corrected chi connectivity index (χ0v) is 9.73. The predicted molar refractivity (Wildman–Crippen MR) is 63.5 cm³/mol. The summed E-state index contributed by atoms with van der Waals surface area (Å²) in [4.78, 5) is 22.6. The summed E-state index contributed by atoms with van der Waals surface area (Å²) in [6, 6.07) is 0. The molecular formula is C11H18N2O2. The zero-order valence-electron chi connectivity index (χ0n) is 9.73. The molecule has 0 fully saturated rings. The van der Waals surface area contributed by atoms with Gasteiger partial charge in [0.1, 0.15) is 11.4 Å². The molecule has 0 aliphatic rings. The molecule has 0 saturated heterocycles. The van der Waals surface area contributed by atoms with Crippen LogP contribution >= 0.6 is 0 Å². The molecule has 0 aliphatic heterocycles. The van der Waals surface area contributed by atoms with Crippen LogP contribution in [0.15, 0.2) is 9.59 Å². The van der Waals surface area contributed by atoms with E-state index in [0.29, 0.717) is 17.9 Å². The van der Waals surface area contributed by atoms with Gasteiger partial charge in [-0.05, 0) is 27.2 Å². The summed E-state index contributed by atoms with van der Waals surface area (Å²) in [5.41, 5.74) is -0.151. The second-order valence-corrected chi connectivity index (χ2v) is 4.71. The van der Waals surface area contributed by atoms with Gasteiger partial charge in [-0.2, -0.15) is 0 Å². The van der Waals surface area contributed by atoms with Crippen LogP contribution in [0, 0.1) is 0 Å². The number of nitrogens with one attached hydrogen (secondary N) is 2. The fourth-order valence-corrected chi connectivity index (χ4v) is 1.30. The van der Waals surface area contributed by atoms with Crippen LogP contribution in [0.3, 0.4) is 0 Å². The lowest BCUT2D eigenvalue weighted by Crippen LogP contribution is -2.41. The number of rotatable bonds is 4. The normalized spacial score (nSPS) is 11.7. The van der Waals surface area contributed by atoms with Gasteiger partial charge in [-0.3, -0.25) is 9.59 Å². The Hall–Kier alpha value is -1.32. The van der Waals surface area contributed by atoms with Gasteiger partial charge in [0.05, 0.1) is 0 Å². The van der Waals surface area contributed by atoms with Gasteiger partial charge in [0.25, 0.3) is 10.9 Å². The van der Waals surface area contributed by atoms with E-state index >= 15 is 0 Å². The van der Waals surface area contributed by atoms with E-state index in [1.165, 1.54) is 0 Å². The molecule has 84 valence electrons. The van der Waals surface area contributed by atoms with Gasteiger partial charge >= 0.3 is 0 Å². The van der Waals surface area contributed by atoms with Crippen LogP contribution in [0.2, 0.25) is 0 Å². The highest BCUT2D eigenvalue weighted by Gasteiger charge is 2.23. The monoisotopic (exact) mass is 210 g/mol. The van der Waals surface area contributed by atoms with Crippen molar-refractivity contribution in [3.8, 4) is 0 Å². The van der Waals surface area contributed by atoms with Crippen molar-refractivity contribution in [3.63, 3.8) is 0 Å². The molecule has 0 amide bonds. The fraction of sp³-hybridized carbons (Fsp3) is 0.636. The van der Waals surface area contributed by atoms with Gasteiger partial charge in [-0.25, -0.2) is 0 Å². The molecule has 0 bridgehead atoms. The van der Waals surface area contributed by atoms with Crippen LogP contribution < -0.4 is 21.5 Å². The largest absolute Gasteiger partial charge is 0.380 e. The van der Waals surface area contributed by atoms with Crippen molar-refractivity contribution in [2.75, 3.05) is 17.2 Å². The van der Waals surface area contributed by atoms with Crippen LogP contribution in [-0.4, -0.2) is 12.1 Å². The van der Waals surface area contributed by atoms with Gasteiger partial charge < -0.3 is 10.6 Å². The fourth-order valence-electron chi connectivity index (χ4n) is 1.30. The van der Waals surface area contributed by atoms with E-state index < -0.39 is 10.9 Å². The Bertz CT molecular complexity index is 409. The van der Waals surface area contributed by atoms with E-state index in [0.717, 1.165) is 6.42 Å². The molecule has 0 saturated carbocycles. The third-order valence-electron chi connectivity index (χ3n) is 1.96. The summed E-state index contributed by atoms with van der Waals surface area (Å²) in [7, 11) is 0. The maximum Gasteiger partial charge on any atom is 0.253 e. The SMILES string of the molecule is CCCNc1c(NC(C)(C)C)c(=O)c1=O. The summed E-state index contributed by atoms with van der Waals surface area (Å²) in [5, 5.41) is 6.01. The van der Waals surface area contributed by atoms with Gasteiger partial charge in [-0.1, -0.05) is 6.92 Å². The maximum absolute atomic E-state index is 11.3. The third kappa shape index (κ3) is 2.58. The Kier molecular flexibility index (Phi) is 3.17. The Labute approximate surface area is 89.4 Å². The number of hydrogen-bond donors (Lipinski definition) is 2. The summed E-state index contributed by atoms with van der Waals surface area (Å²) in [6.07, 6.45) is 0.924. The van der Waals surface area contributed by atoms with Gasteiger partial charge in [0.2, 0.25) is 0 Å². The highest BCUT2D eigenvalue weighted by Crippen LogP contribution is 2.18. The van der Waals surface area contributed by atoms with E-state index in [-0.39, 0.29) is 5.54 Å². The van der Waals surface area contributed by atoms with Gasteiger partial charge in [-0.15, -0.1) is 0 Å². The molecule has 1 aromatic carbocycles. The van der Waals surface area contributed by atoms with E-state index in [1.807, 2.05) is 27.7 Å². The minimum Gasteiger partial charge on any atom is -0.380 e. The molecule has 1 aromatic rings. The highest BCUT2D eigenvalue weighted by molar-refractivity contribution is 5.74. The molecule has 0 spiro atoms. The van der Waals surface area contributed by atoms with Crippen molar-refractivity contribution < 1.29 is 0 Å². The van der Waals surface area contributed by atoms with Crippen molar-refractivity contribution in [3.05, 3.63) is 20.4 Å². The van der Waals surface area contributed by atoms with Crippen LogP contribution in [0.25, 0.3) is 0 Å². The van der Waals surface area contributed by atoms with Gasteiger partial charge in [0.15, 0.2) is 0 Å². The highest BCUT2D eigenvalue weighted by atomic mass is 16.2. The molecule has 4 heteroatoms. The Morgan fingerprint density at radius 3 is 2.07 bits per heavy atom. The van der Waals surface area contributed by atoms with E-state index in [9.17, 15) is 9.59 Å². The molecule has 2 N–H and O–H groups in total. The molecule has 1 rings (SSSR count). The van der Waals surface area contributed by atoms with Crippen LogP contribution in [0.4, 0.5) is 11.4 Å². The molecular weight excluding hydrogens is 192 g/mol. The summed E-state index contributed by atoms with van der Waals surface area (Å²) in [5.74, 6) is 0. The van der Waals surface area contributed by atoms with E-state index in [4.69, 9.17) is 0 Å². The first kappa shape index (κ1) is 11.8. The molecule has 0 aromatic heterocycles. The summed E-state index contributed by atoms with van der Waals surface area (Å²) < 4.78 is 0. The lowest BCUT2D eigenvalue weighted by molar-refractivity contribution is 0.632. The Balaban J connectivity index is 2.85. The first-order chi connectivity index (χ1) is 6.87. The zero-order chi connectivity index (χ0) is 11.6. The second kappa shape index (κ2) is 4.04. The van der Waals surface area contributed by atoms with Crippen LogP contribution in [-0.2, 0) is 0 Å². The topological polar surface area (TPSA) is 58.2 Å². The molecule has 0 aliphatic carbocycles. The van der Waals surface area contributed by atoms with Crippen molar-refractivity contribution in [1.29, 1.82) is 0 Å². The average Bonchev–Trinajstić information content (AvgIpc) is 2.14. The standard InChI is InChI=1S/C11H18N2O2/c1-5-6-12-7-8(10(15)9(7)14)13-11(2,3)4/h12-13H,5-6H2,1-4H3. The lowest BCUT2D eigenvalue weighted by Gasteiger charge is -2.24. The summed E-state index contributed by atoms with van der Waals surface area (Å²) in [6.45, 7) is 8.58.